The molecule has 2 aliphatic heterocycles. The van der Waals surface area contributed by atoms with E-state index in [1.54, 1.807) is 37.0 Å². The first-order chi connectivity index (χ1) is 15.4. The van der Waals surface area contributed by atoms with E-state index >= 15 is 4.39 Å². The Bertz CT molecular complexity index is 1450. The van der Waals surface area contributed by atoms with Gasteiger partial charge in [0.05, 0.1) is 16.3 Å². The lowest BCUT2D eigenvalue weighted by Crippen LogP contribution is -2.41. The molecule has 32 heavy (non-hydrogen) atoms. The van der Waals surface area contributed by atoms with Gasteiger partial charge in [-0.05, 0) is 38.4 Å². The minimum Gasteiger partial charge on any atom is -0.345 e. The largest absolute Gasteiger partial charge is 0.345 e. The summed E-state index contributed by atoms with van der Waals surface area (Å²) >= 11 is 6.27. The molecular weight excluding hydrogens is 433 g/mol. The molecule has 2 aliphatic rings. The lowest BCUT2D eigenvalue weighted by molar-refractivity contribution is 0.445. The van der Waals surface area contributed by atoms with Crippen molar-refractivity contribution in [1.82, 2.24) is 29.6 Å². The van der Waals surface area contributed by atoms with E-state index in [1.165, 1.54) is 4.68 Å². The van der Waals surface area contributed by atoms with Crippen LogP contribution in [0.1, 0.15) is 19.3 Å². The van der Waals surface area contributed by atoms with E-state index in [0.29, 0.717) is 51.8 Å². The number of anilines is 1. The highest BCUT2D eigenvalue weighted by Crippen LogP contribution is 2.41. The van der Waals surface area contributed by atoms with Gasteiger partial charge in [-0.1, -0.05) is 11.6 Å². The van der Waals surface area contributed by atoms with Crippen LogP contribution in [0.2, 0.25) is 5.15 Å². The molecule has 6 rings (SSSR count). The van der Waals surface area contributed by atoms with Gasteiger partial charge in [-0.3, -0.25) is 14.0 Å². The van der Waals surface area contributed by atoms with Crippen LogP contribution in [0.4, 0.5) is 10.3 Å². The monoisotopic (exact) mass is 455 g/mol. The predicted octanol–water partition coefficient (Wildman–Crippen LogP) is 2.94. The Morgan fingerprint density at radius 3 is 2.78 bits per heavy atom. The molecule has 2 bridgehead atoms. The van der Waals surface area contributed by atoms with Crippen LogP contribution in [0.3, 0.4) is 0 Å². The molecule has 0 radical (unpaired) electrons. The molecule has 3 atom stereocenters. The number of halogens is 2. The number of H-pyrrole nitrogens is 1. The van der Waals surface area contributed by atoms with Crippen molar-refractivity contribution in [3.8, 4) is 11.1 Å². The van der Waals surface area contributed by atoms with Crippen molar-refractivity contribution in [3.05, 3.63) is 39.7 Å². The maximum Gasteiger partial charge on any atom is 0.264 e. The quantitative estimate of drug-likeness (QED) is 0.496. The zero-order chi connectivity index (χ0) is 22.3. The van der Waals surface area contributed by atoms with Crippen molar-refractivity contribution in [1.29, 1.82) is 0 Å². The first-order valence-corrected chi connectivity index (χ1v) is 11.1. The normalized spacial score (nSPS) is 22.7. The number of aryl methyl sites for hydroxylation is 1. The molecule has 2 saturated heterocycles. The van der Waals surface area contributed by atoms with E-state index in [1.807, 2.05) is 7.05 Å². The molecule has 8 nitrogen and oxygen atoms in total. The van der Waals surface area contributed by atoms with E-state index in [4.69, 9.17) is 16.6 Å². The summed E-state index contributed by atoms with van der Waals surface area (Å²) in [6.07, 6.45) is 4.87. The molecule has 0 amide bonds. The molecule has 2 fully saturated rings. The number of nitrogens with zero attached hydrogens (tertiary/aromatic N) is 5. The van der Waals surface area contributed by atoms with Crippen LogP contribution in [0.25, 0.3) is 33.1 Å². The third-order valence-electron chi connectivity index (χ3n) is 7.19. The minimum atomic E-state index is -0.498. The highest BCUT2D eigenvalue weighted by atomic mass is 35.5. The molecule has 2 N–H and O–H groups in total. The third kappa shape index (κ3) is 2.49. The molecule has 1 aromatic carbocycles. The predicted molar refractivity (Wildman–Crippen MR) is 123 cm³/mol. The Morgan fingerprint density at radius 2 is 2.03 bits per heavy atom. The van der Waals surface area contributed by atoms with Crippen molar-refractivity contribution < 1.29 is 4.39 Å². The number of aromatic amines is 1. The third-order valence-corrected chi connectivity index (χ3v) is 7.62. The van der Waals surface area contributed by atoms with E-state index in [-0.39, 0.29) is 16.1 Å². The van der Waals surface area contributed by atoms with E-state index in [0.717, 1.165) is 19.3 Å². The fourth-order valence-corrected chi connectivity index (χ4v) is 5.84. The van der Waals surface area contributed by atoms with Crippen LogP contribution in [-0.4, -0.2) is 49.5 Å². The smallest absolute Gasteiger partial charge is 0.264 e. The Hall–Kier alpha value is -2.91. The maximum absolute atomic E-state index is 15.5. The standard InChI is InChI=1S/C22H23ClFN7O/c1-25-14-8-10-4-7-15(14)31(10)22-27-20-16(21(32)29(22)2)12(9-26-20)11-5-6-13-17(18(11)24)19(23)30(3)28-13/h5-6,9-10,14-15,25-26H,4,7-8H2,1-3H3/t10?,14-,15?/m1/s1. The summed E-state index contributed by atoms with van der Waals surface area (Å²) in [5.74, 6) is 0.162. The molecule has 0 aliphatic carbocycles. The van der Waals surface area contributed by atoms with Crippen molar-refractivity contribution >= 4 is 39.5 Å². The summed E-state index contributed by atoms with van der Waals surface area (Å²) in [5, 5.41) is 8.45. The molecule has 166 valence electrons. The summed E-state index contributed by atoms with van der Waals surface area (Å²) in [6, 6.07) is 4.43. The highest BCUT2D eigenvalue weighted by molar-refractivity contribution is 6.34. The van der Waals surface area contributed by atoms with Gasteiger partial charge in [0.2, 0.25) is 5.95 Å². The lowest BCUT2D eigenvalue weighted by atomic mass is 9.96. The number of hydrogen-bond donors (Lipinski definition) is 2. The van der Waals surface area contributed by atoms with Crippen LogP contribution < -0.4 is 15.8 Å². The van der Waals surface area contributed by atoms with Crippen molar-refractivity contribution in [2.24, 2.45) is 14.1 Å². The number of benzene rings is 1. The van der Waals surface area contributed by atoms with Gasteiger partial charge in [0.1, 0.15) is 16.6 Å². The first-order valence-electron chi connectivity index (χ1n) is 10.8. The van der Waals surface area contributed by atoms with Crippen LogP contribution in [0.15, 0.2) is 23.1 Å². The van der Waals surface area contributed by atoms with Crippen LogP contribution in [-0.2, 0) is 14.1 Å². The van der Waals surface area contributed by atoms with Gasteiger partial charge >= 0.3 is 0 Å². The van der Waals surface area contributed by atoms with E-state index < -0.39 is 5.82 Å². The van der Waals surface area contributed by atoms with E-state index in [2.05, 4.69) is 20.3 Å². The molecule has 0 spiro atoms. The topological polar surface area (TPSA) is 83.8 Å². The molecule has 10 heteroatoms. The van der Waals surface area contributed by atoms with Crippen LogP contribution in [0, 0.1) is 5.82 Å². The number of likely N-dealkylation sites (N-methyl/N-ethyl adjacent to an activating group) is 1. The van der Waals surface area contributed by atoms with E-state index in [9.17, 15) is 4.79 Å². The first kappa shape index (κ1) is 19.8. The zero-order valence-electron chi connectivity index (χ0n) is 18.0. The Kier molecular flexibility index (Phi) is 4.19. The second-order valence-electron chi connectivity index (χ2n) is 8.77. The van der Waals surface area contributed by atoms with Gasteiger partial charge < -0.3 is 15.2 Å². The average molecular weight is 456 g/mol. The second kappa shape index (κ2) is 6.79. The number of rotatable bonds is 3. The average Bonchev–Trinajstić information content (AvgIpc) is 3.53. The van der Waals surface area contributed by atoms with Gasteiger partial charge in [0.25, 0.3) is 5.56 Å². The zero-order valence-corrected chi connectivity index (χ0v) is 18.7. The van der Waals surface area contributed by atoms with Crippen molar-refractivity contribution in [2.45, 2.75) is 37.4 Å². The van der Waals surface area contributed by atoms with Crippen LogP contribution in [0.5, 0.6) is 0 Å². The molecule has 0 saturated carbocycles. The van der Waals surface area contributed by atoms with Crippen molar-refractivity contribution in [2.75, 3.05) is 11.9 Å². The Balaban J connectivity index is 1.53. The van der Waals surface area contributed by atoms with Gasteiger partial charge in [-0.15, -0.1) is 0 Å². The fraction of sp³-hybridized carbons (Fsp3) is 0.409. The molecule has 5 heterocycles. The Labute approximate surface area is 188 Å². The number of hydrogen-bond acceptors (Lipinski definition) is 5. The summed E-state index contributed by atoms with van der Waals surface area (Å²) < 4.78 is 18.5. The second-order valence-corrected chi connectivity index (χ2v) is 9.13. The summed E-state index contributed by atoms with van der Waals surface area (Å²) in [7, 11) is 5.39. The Morgan fingerprint density at radius 1 is 1.22 bits per heavy atom. The number of aromatic nitrogens is 5. The summed E-state index contributed by atoms with van der Waals surface area (Å²) in [4.78, 5) is 23.7. The fourth-order valence-electron chi connectivity index (χ4n) is 5.63. The number of fused-ring (bicyclic) bond motifs is 4. The van der Waals surface area contributed by atoms with Gasteiger partial charge in [-0.2, -0.15) is 10.1 Å². The molecule has 3 aromatic heterocycles. The molecule has 2 unspecified atom stereocenters. The SMILES string of the molecule is CN[C@@H]1CC2CCC1N2c1nc2[nH]cc(-c3ccc4nn(C)c(Cl)c4c3F)c2c(=O)n1C. The number of nitrogens with one attached hydrogen (secondary N) is 2. The van der Waals surface area contributed by atoms with Gasteiger partial charge in [-0.25, -0.2) is 4.39 Å². The summed E-state index contributed by atoms with van der Waals surface area (Å²) in [5.41, 5.74) is 1.49. The van der Waals surface area contributed by atoms with Crippen LogP contribution >= 0.6 is 11.6 Å². The minimum absolute atomic E-state index is 0.203. The molecule has 4 aromatic rings. The molecular formula is C22H23ClFN7O. The lowest BCUT2D eigenvalue weighted by Gasteiger charge is -2.26. The van der Waals surface area contributed by atoms with Crippen molar-refractivity contribution in [3.63, 3.8) is 0 Å². The summed E-state index contributed by atoms with van der Waals surface area (Å²) in [6.45, 7) is 0. The highest BCUT2D eigenvalue weighted by Gasteiger charge is 2.47. The van der Waals surface area contributed by atoms with Gasteiger partial charge in [0, 0.05) is 49.5 Å². The van der Waals surface area contributed by atoms with Gasteiger partial charge in [0.15, 0.2) is 0 Å². The maximum atomic E-state index is 15.5.